The van der Waals surface area contributed by atoms with Gasteiger partial charge in [-0.25, -0.2) is 4.39 Å². The van der Waals surface area contributed by atoms with Crippen LogP contribution < -0.4 is 11.1 Å². The van der Waals surface area contributed by atoms with Crippen LogP contribution >= 0.6 is 23.2 Å². The summed E-state index contributed by atoms with van der Waals surface area (Å²) in [4.78, 5) is 39.4. The van der Waals surface area contributed by atoms with Crippen LogP contribution in [0.25, 0.3) is 10.9 Å². The summed E-state index contributed by atoms with van der Waals surface area (Å²) >= 11 is 12.2. The van der Waals surface area contributed by atoms with Crippen molar-refractivity contribution in [2.75, 3.05) is 13.7 Å². The van der Waals surface area contributed by atoms with Crippen LogP contribution in [-0.4, -0.2) is 74.7 Å². The van der Waals surface area contributed by atoms with Gasteiger partial charge in [0.2, 0.25) is 11.8 Å². The molecule has 1 aromatic heterocycles. The molecule has 12 heteroatoms. The summed E-state index contributed by atoms with van der Waals surface area (Å²) in [5.41, 5.74) is 6.90. The highest BCUT2D eigenvalue weighted by molar-refractivity contribution is 6.51. The molecule has 0 radical (unpaired) electrons. The number of ether oxygens (including phenoxy) is 1. The monoisotopic (exact) mass is 513 g/mol. The van der Waals surface area contributed by atoms with Crippen molar-refractivity contribution in [2.24, 2.45) is 11.7 Å². The van der Waals surface area contributed by atoms with Crippen molar-refractivity contribution in [3.05, 3.63) is 29.5 Å². The number of carbonyl (C=O) groups excluding carboxylic acids is 3. The maximum Gasteiger partial charge on any atom is 0.269 e. The Morgan fingerprint density at radius 3 is 2.65 bits per heavy atom. The number of hydrogen-bond donors (Lipinski definition) is 2. The molecule has 0 bridgehead atoms. The van der Waals surface area contributed by atoms with Gasteiger partial charge >= 0.3 is 0 Å². The van der Waals surface area contributed by atoms with Gasteiger partial charge in [0.15, 0.2) is 5.69 Å². The van der Waals surface area contributed by atoms with Crippen LogP contribution in [0.2, 0.25) is 0 Å². The second-order valence-corrected chi connectivity index (χ2v) is 10.5. The molecule has 2 aromatic rings. The van der Waals surface area contributed by atoms with Crippen molar-refractivity contribution >= 4 is 51.8 Å². The van der Waals surface area contributed by atoms with E-state index in [1.165, 1.54) is 11.8 Å². The van der Waals surface area contributed by atoms with E-state index in [1.807, 2.05) is 6.92 Å². The third-order valence-corrected chi connectivity index (χ3v) is 7.38. The number of carbonyl (C=O) groups is 3. The summed E-state index contributed by atoms with van der Waals surface area (Å²) in [6.45, 7) is 2.99. The van der Waals surface area contributed by atoms with Gasteiger partial charge in [-0.05, 0) is 31.9 Å². The first kappa shape index (κ1) is 24.7. The fourth-order valence-electron chi connectivity index (χ4n) is 4.60. The molecule has 184 valence electrons. The Kier molecular flexibility index (Phi) is 6.52. The second kappa shape index (κ2) is 8.98. The zero-order valence-electron chi connectivity index (χ0n) is 18.9. The van der Waals surface area contributed by atoms with E-state index in [-0.39, 0.29) is 30.7 Å². The van der Waals surface area contributed by atoms with E-state index in [1.54, 1.807) is 25.1 Å². The number of alkyl halides is 3. The van der Waals surface area contributed by atoms with Crippen LogP contribution in [0.15, 0.2) is 18.2 Å². The Morgan fingerprint density at radius 2 is 2.06 bits per heavy atom. The minimum Gasteiger partial charge on any atom is -0.376 e. The quantitative estimate of drug-likeness (QED) is 0.546. The molecule has 1 saturated heterocycles. The third-order valence-electron chi connectivity index (χ3n) is 6.51. The van der Waals surface area contributed by atoms with Crippen LogP contribution in [0.5, 0.6) is 0 Å². The lowest BCUT2D eigenvalue weighted by Crippen LogP contribution is -2.53. The van der Waals surface area contributed by atoms with Gasteiger partial charge in [0.1, 0.15) is 29.2 Å². The first-order valence-corrected chi connectivity index (χ1v) is 11.6. The van der Waals surface area contributed by atoms with Crippen molar-refractivity contribution in [3.8, 4) is 0 Å². The Hall–Kier alpha value is -2.43. The number of nitrogens with zero attached hydrogens (tertiary/aromatic N) is 3. The highest BCUT2D eigenvalue weighted by Gasteiger charge is 2.56. The van der Waals surface area contributed by atoms with E-state index in [0.717, 1.165) is 10.5 Å². The van der Waals surface area contributed by atoms with Crippen LogP contribution in [-0.2, 0) is 20.9 Å². The van der Waals surface area contributed by atoms with Crippen LogP contribution in [0.3, 0.4) is 0 Å². The predicted octanol–water partition coefficient (Wildman–Crippen LogP) is 1.71. The molecule has 2 heterocycles. The van der Waals surface area contributed by atoms with Gasteiger partial charge in [0.05, 0.1) is 12.1 Å². The zero-order chi connectivity index (χ0) is 24.9. The molecule has 2 fully saturated rings. The number of halogens is 3. The maximum atomic E-state index is 14.8. The van der Waals surface area contributed by atoms with E-state index >= 15 is 0 Å². The number of primary amides is 1. The lowest BCUT2D eigenvalue weighted by Gasteiger charge is -2.28. The summed E-state index contributed by atoms with van der Waals surface area (Å²) in [6.07, 6.45) is -2.16. The average Bonchev–Trinajstić information content (AvgIpc) is 3.09. The smallest absolute Gasteiger partial charge is 0.269 e. The van der Waals surface area contributed by atoms with Crippen molar-refractivity contribution in [3.63, 3.8) is 0 Å². The third kappa shape index (κ3) is 4.46. The Balaban J connectivity index is 1.58. The number of benzene rings is 1. The maximum absolute atomic E-state index is 14.8. The minimum atomic E-state index is -1.56. The molecule has 1 aromatic carbocycles. The number of methoxy groups -OCH3 is 1. The standard InChI is InChI=1S/C22H26Cl2FN5O4/c1-10-4-5-12-15(6-10)30(28-17(12)20(26)32)9-16(31)29-8-14(25)19(34-3)18(29)21(33)27-11(2)13-7-22(13,23)24/h4-6,11,13-14,18-19H,7-9H2,1-3H3,(H2,26,32)(H,27,33)/t11-,13-,14+,18+,19-/m1/s1. The van der Waals surface area contributed by atoms with E-state index < -0.39 is 40.4 Å². The molecule has 5 atom stereocenters. The largest absolute Gasteiger partial charge is 0.376 e. The fraction of sp³-hybridized carbons (Fsp3) is 0.545. The molecule has 0 unspecified atom stereocenters. The van der Waals surface area contributed by atoms with Gasteiger partial charge in [0, 0.05) is 24.5 Å². The number of likely N-dealkylation sites (tertiary alicyclic amines) is 1. The molecule has 0 spiro atoms. The van der Waals surface area contributed by atoms with Crippen molar-refractivity contribution in [1.82, 2.24) is 20.0 Å². The molecule has 1 saturated carbocycles. The number of aryl methyl sites for hydroxylation is 1. The van der Waals surface area contributed by atoms with Gasteiger partial charge in [0.25, 0.3) is 5.91 Å². The number of rotatable bonds is 7. The van der Waals surface area contributed by atoms with Crippen molar-refractivity contribution < 1.29 is 23.5 Å². The number of nitrogens with one attached hydrogen (secondary N) is 1. The van der Waals surface area contributed by atoms with Crippen molar-refractivity contribution in [1.29, 1.82) is 0 Å². The first-order chi connectivity index (χ1) is 15.9. The predicted molar refractivity (Wildman–Crippen MR) is 124 cm³/mol. The van der Waals surface area contributed by atoms with Gasteiger partial charge < -0.3 is 20.7 Å². The Bertz CT molecular complexity index is 1160. The Morgan fingerprint density at radius 1 is 1.38 bits per heavy atom. The molecule has 34 heavy (non-hydrogen) atoms. The highest BCUT2D eigenvalue weighted by atomic mass is 35.5. The molecule has 1 aliphatic heterocycles. The number of amides is 3. The number of aromatic nitrogens is 2. The molecule has 9 nitrogen and oxygen atoms in total. The minimum absolute atomic E-state index is 0.0283. The number of fused-ring (bicyclic) bond motifs is 1. The van der Waals surface area contributed by atoms with Gasteiger partial charge in [-0.1, -0.05) is 12.1 Å². The van der Waals surface area contributed by atoms with E-state index in [4.69, 9.17) is 33.7 Å². The van der Waals surface area contributed by atoms with Crippen LogP contribution in [0.4, 0.5) is 4.39 Å². The molecular weight excluding hydrogens is 488 g/mol. The SMILES string of the molecule is CO[C@H]1[C@@H](C(=O)N[C@H](C)[C@H]2CC2(Cl)Cl)N(C(=O)Cn2nc(C(N)=O)c3ccc(C)cc32)C[C@@H]1F. The fourth-order valence-corrected chi connectivity index (χ4v) is 5.31. The summed E-state index contributed by atoms with van der Waals surface area (Å²) in [7, 11) is 1.29. The number of hydrogen-bond acceptors (Lipinski definition) is 5. The van der Waals surface area contributed by atoms with Crippen molar-refractivity contribution in [2.45, 2.75) is 55.5 Å². The van der Waals surface area contributed by atoms with Crippen LogP contribution in [0.1, 0.15) is 29.4 Å². The summed E-state index contributed by atoms with van der Waals surface area (Å²) in [5.74, 6) is -1.97. The lowest BCUT2D eigenvalue weighted by molar-refractivity contribution is -0.142. The van der Waals surface area contributed by atoms with Crippen LogP contribution in [0, 0.1) is 12.8 Å². The topological polar surface area (TPSA) is 120 Å². The second-order valence-electron chi connectivity index (χ2n) is 8.97. The zero-order valence-corrected chi connectivity index (χ0v) is 20.4. The lowest BCUT2D eigenvalue weighted by atomic mass is 10.1. The first-order valence-electron chi connectivity index (χ1n) is 10.9. The normalized spacial score (nSPS) is 26.5. The molecule has 1 aliphatic carbocycles. The number of nitrogens with two attached hydrogens (primary N) is 1. The summed E-state index contributed by atoms with van der Waals surface area (Å²) < 4.78 is 20.5. The Labute approximate surface area is 205 Å². The van der Waals surface area contributed by atoms with E-state index in [9.17, 15) is 18.8 Å². The average molecular weight is 514 g/mol. The summed E-state index contributed by atoms with van der Waals surface area (Å²) in [6, 6.07) is 3.72. The molecule has 4 rings (SSSR count). The molecule has 3 N–H and O–H groups in total. The molecule has 2 aliphatic rings. The van der Waals surface area contributed by atoms with E-state index in [0.29, 0.717) is 17.3 Å². The molecular formula is C22H26Cl2FN5O4. The summed E-state index contributed by atoms with van der Waals surface area (Å²) in [5, 5.41) is 7.51. The van der Waals surface area contributed by atoms with Gasteiger partial charge in [-0.3, -0.25) is 19.1 Å². The van der Waals surface area contributed by atoms with E-state index in [2.05, 4.69) is 10.4 Å². The highest BCUT2D eigenvalue weighted by Crippen LogP contribution is 2.54. The molecule has 3 amide bonds. The van der Waals surface area contributed by atoms with Gasteiger partial charge in [-0.15, -0.1) is 23.2 Å². The van der Waals surface area contributed by atoms with Gasteiger partial charge in [-0.2, -0.15) is 5.10 Å².